The van der Waals surface area contributed by atoms with Gasteiger partial charge >= 0.3 is 5.97 Å². The molecule has 3 N–H and O–H groups in total. The van der Waals surface area contributed by atoms with E-state index in [4.69, 9.17) is 5.14 Å². The van der Waals surface area contributed by atoms with Gasteiger partial charge in [0.05, 0.1) is 41.2 Å². The zero-order valence-electron chi connectivity index (χ0n) is 21.2. The summed E-state index contributed by atoms with van der Waals surface area (Å²) in [6.07, 6.45) is 8.73. The lowest BCUT2D eigenvalue weighted by molar-refractivity contribution is -0.870. The number of nitrogens with zero attached hydrogens (tertiary/aromatic N) is 1. The number of quaternary nitrogens is 1. The van der Waals surface area contributed by atoms with Gasteiger partial charge < -0.3 is 13.9 Å². The maximum absolute atomic E-state index is 10.7. The van der Waals surface area contributed by atoms with Crippen molar-refractivity contribution in [3.05, 3.63) is 65.2 Å². The van der Waals surface area contributed by atoms with Gasteiger partial charge in [0.25, 0.3) is 0 Å². The number of aryl methyl sites for hydroxylation is 3. The number of unbranched alkanes of at least 4 members (excludes halogenated alkanes) is 2. The van der Waals surface area contributed by atoms with E-state index < -0.39 is 0 Å². The smallest absolute Gasteiger partial charge is 0.305 e. The largest absolute Gasteiger partial charge is 0.469 e. The molecule has 0 heterocycles. The first-order valence-corrected chi connectivity index (χ1v) is 12.8. The standard InChI is InChI=1S/C19H26N2S.C8H18NO2/c1-2-3-4-5-16-6-8-17(9-7-16)10-11-18-12-14-19(15-13-18)21-22-20;1-9(2,3)7-5-6-8(10)11-4/h6-9,12-15,21H,2-5,10-11,20H2,1H3;5-7H2,1-4H3/q;+1. The van der Waals surface area contributed by atoms with E-state index in [1.165, 1.54) is 49.5 Å². The maximum atomic E-state index is 10.7. The summed E-state index contributed by atoms with van der Waals surface area (Å²) in [6, 6.07) is 17.6. The van der Waals surface area contributed by atoms with E-state index in [2.05, 4.69) is 86.1 Å². The molecule has 5 nitrogen and oxygen atoms in total. The van der Waals surface area contributed by atoms with Crippen LogP contribution in [0.2, 0.25) is 0 Å². The maximum Gasteiger partial charge on any atom is 0.305 e. The number of nitrogens with one attached hydrogen (secondary N) is 1. The Labute approximate surface area is 205 Å². The van der Waals surface area contributed by atoms with Gasteiger partial charge in [-0.05, 0) is 54.5 Å². The Kier molecular flexibility index (Phi) is 14.6. The molecule has 184 valence electrons. The van der Waals surface area contributed by atoms with Gasteiger partial charge in [0.1, 0.15) is 0 Å². The minimum absolute atomic E-state index is 0.113. The topological polar surface area (TPSA) is 64.3 Å². The van der Waals surface area contributed by atoms with E-state index in [0.717, 1.165) is 48.1 Å². The van der Waals surface area contributed by atoms with E-state index in [1.54, 1.807) is 0 Å². The van der Waals surface area contributed by atoms with Crippen molar-refractivity contribution in [1.29, 1.82) is 0 Å². The average molecular weight is 475 g/mol. The fourth-order valence-electron chi connectivity index (χ4n) is 3.35. The Morgan fingerprint density at radius 1 is 0.879 bits per heavy atom. The predicted molar refractivity (Wildman–Crippen MR) is 143 cm³/mol. The number of rotatable bonds is 13. The summed E-state index contributed by atoms with van der Waals surface area (Å²) >= 11 is 1.13. The van der Waals surface area contributed by atoms with Crippen LogP contribution in [0.25, 0.3) is 0 Å². The lowest BCUT2D eigenvalue weighted by Gasteiger charge is -2.23. The van der Waals surface area contributed by atoms with Crippen molar-refractivity contribution in [2.45, 2.75) is 58.3 Å². The summed E-state index contributed by atoms with van der Waals surface area (Å²) in [5.74, 6) is -0.113. The molecule has 0 aliphatic heterocycles. The second-order valence-electron chi connectivity index (χ2n) is 9.38. The normalized spacial score (nSPS) is 10.8. The molecule has 0 aliphatic rings. The van der Waals surface area contributed by atoms with Crippen LogP contribution in [0.4, 0.5) is 5.69 Å². The molecular weight excluding hydrogens is 430 g/mol. The van der Waals surface area contributed by atoms with Crippen LogP contribution in [-0.4, -0.2) is 45.2 Å². The van der Waals surface area contributed by atoms with Gasteiger partial charge in [-0.1, -0.05) is 56.2 Å². The van der Waals surface area contributed by atoms with E-state index in [-0.39, 0.29) is 5.97 Å². The molecule has 2 aromatic carbocycles. The molecular formula is C27H44N3O2S+. The summed E-state index contributed by atoms with van der Waals surface area (Å²) in [5, 5.41) is 5.39. The quantitative estimate of drug-likeness (QED) is 0.167. The summed E-state index contributed by atoms with van der Waals surface area (Å²) in [5.41, 5.74) is 5.29. The number of hydrogen-bond donors (Lipinski definition) is 2. The van der Waals surface area contributed by atoms with Crippen molar-refractivity contribution >= 4 is 23.8 Å². The Hall–Kier alpha value is -2.02. The highest BCUT2D eigenvalue weighted by molar-refractivity contribution is 7.98. The third-order valence-corrected chi connectivity index (χ3v) is 5.72. The van der Waals surface area contributed by atoms with E-state index in [1.807, 2.05) is 0 Å². The predicted octanol–water partition coefficient (Wildman–Crippen LogP) is 5.78. The monoisotopic (exact) mass is 474 g/mol. The molecule has 0 radical (unpaired) electrons. The Morgan fingerprint density at radius 3 is 1.85 bits per heavy atom. The first-order chi connectivity index (χ1) is 15.8. The summed E-state index contributed by atoms with van der Waals surface area (Å²) < 4.78 is 8.45. The minimum atomic E-state index is -0.113. The van der Waals surface area contributed by atoms with Crippen LogP contribution in [-0.2, 0) is 28.8 Å². The number of anilines is 1. The number of ether oxygens (including phenoxy) is 1. The van der Waals surface area contributed by atoms with Crippen LogP contribution < -0.4 is 9.86 Å². The van der Waals surface area contributed by atoms with Crippen molar-refractivity contribution in [1.82, 2.24) is 0 Å². The molecule has 0 aliphatic carbocycles. The first kappa shape index (κ1) is 29.0. The molecule has 0 saturated heterocycles. The van der Waals surface area contributed by atoms with Gasteiger partial charge in [0, 0.05) is 24.2 Å². The Morgan fingerprint density at radius 2 is 1.39 bits per heavy atom. The van der Waals surface area contributed by atoms with Crippen LogP contribution >= 0.6 is 12.1 Å². The van der Waals surface area contributed by atoms with Gasteiger partial charge in [0.15, 0.2) is 0 Å². The lowest BCUT2D eigenvalue weighted by atomic mass is 10.0. The molecule has 0 atom stereocenters. The number of methoxy groups -OCH3 is 1. The van der Waals surface area contributed by atoms with Gasteiger partial charge in [-0.25, -0.2) is 0 Å². The molecule has 0 fully saturated rings. The average Bonchev–Trinajstić information content (AvgIpc) is 2.79. The molecule has 2 rings (SSSR count). The molecule has 0 aromatic heterocycles. The number of esters is 1. The SMILES string of the molecule is CCCCCc1ccc(CCc2ccc(NSN)cc2)cc1.COC(=O)CCC[N+](C)(C)C. The van der Waals surface area contributed by atoms with Crippen LogP contribution in [0.1, 0.15) is 55.7 Å². The van der Waals surface area contributed by atoms with Gasteiger partial charge in [-0.15, -0.1) is 0 Å². The number of carbonyl (C=O) groups is 1. The van der Waals surface area contributed by atoms with Crippen molar-refractivity contribution in [3.8, 4) is 0 Å². The van der Waals surface area contributed by atoms with Gasteiger partial charge in [0.2, 0.25) is 0 Å². The Balaban J connectivity index is 0.000000420. The number of hydrogen-bond acceptors (Lipinski definition) is 5. The van der Waals surface area contributed by atoms with Gasteiger partial charge in [-0.3, -0.25) is 9.93 Å². The molecule has 0 saturated carbocycles. The van der Waals surface area contributed by atoms with Crippen molar-refractivity contribution in [3.63, 3.8) is 0 Å². The summed E-state index contributed by atoms with van der Waals surface area (Å²) in [7, 11) is 7.75. The van der Waals surface area contributed by atoms with Crippen LogP contribution in [0.5, 0.6) is 0 Å². The lowest BCUT2D eigenvalue weighted by Crippen LogP contribution is -2.35. The van der Waals surface area contributed by atoms with E-state index >= 15 is 0 Å². The van der Waals surface area contributed by atoms with Gasteiger partial charge in [-0.2, -0.15) is 0 Å². The fourth-order valence-corrected chi connectivity index (χ4v) is 3.62. The minimum Gasteiger partial charge on any atom is -0.469 e. The number of carbonyl (C=O) groups excluding carboxylic acids is 1. The second kappa shape index (κ2) is 16.6. The van der Waals surface area contributed by atoms with Crippen LogP contribution in [0.15, 0.2) is 48.5 Å². The molecule has 0 bridgehead atoms. The van der Waals surface area contributed by atoms with E-state index in [0.29, 0.717) is 6.42 Å². The summed E-state index contributed by atoms with van der Waals surface area (Å²) in [4.78, 5) is 10.7. The molecule has 2 aromatic rings. The van der Waals surface area contributed by atoms with Crippen LogP contribution in [0, 0.1) is 0 Å². The van der Waals surface area contributed by atoms with Crippen molar-refractivity contribution in [2.24, 2.45) is 5.14 Å². The molecule has 6 heteroatoms. The van der Waals surface area contributed by atoms with Crippen LogP contribution in [0.3, 0.4) is 0 Å². The Bertz CT molecular complexity index is 771. The second-order valence-corrected chi connectivity index (χ2v) is 9.82. The first-order valence-electron chi connectivity index (χ1n) is 11.9. The number of benzene rings is 2. The highest BCUT2D eigenvalue weighted by Crippen LogP contribution is 2.15. The van der Waals surface area contributed by atoms with Crippen molar-refractivity contribution in [2.75, 3.05) is 39.5 Å². The molecule has 0 spiro atoms. The fraction of sp³-hybridized carbons (Fsp3) is 0.519. The number of nitrogens with two attached hydrogens (primary N) is 1. The highest BCUT2D eigenvalue weighted by Gasteiger charge is 2.08. The zero-order valence-corrected chi connectivity index (χ0v) is 22.0. The van der Waals surface area contributed by atoms with Crippen molar-refractivity contribution < 1.29 is 14.0 Å². The molecule has 33 heavy (non-hydrogen) atoms. The van der Waals surface area contributed by atoms with E-state index in [9.17, 15) is 4.79 Å². The third-order valence-electron chi connectivity index (χ3n) is 5.36. The highest BCUT2D eigenvalue weighted by atomic mass is 32.2. The third kappa shape index (κ3) is 14.7. The molecule has 0 unspecified atom stereocenters. The molecule has 0 amide bonds. The zero-order chi connectivity index (χ0) is 24.5. The summed E-state index contributed by atoms with van der Waals surface area (Å²) in [6.45, 7) is 3.26.